The molecule has 0 spiro atoms. The van der Waals surface area contributed by atoms with Crippen LogP contribution in [0.25, 0.3) is 22.3 Å². The van der Waals surface area contributed by atoms with Gasteiger partial charge in [-0.05, 0) is 51.6 Å². The zero-order chi connectivity index (χ0) is 25.4. The number of hydrogen-bond acceptors (Lipinski definition) is 6. The molecule has 0 radical (unpaired) electrons. The molecule has 36 heavy (non-hydrogen) atoms. The third kappa shape index (κ3) is 4.71. The maximum atomic E-state index is 13.4. The fraction of sp³-hybridized carbons (Fsp3) is 0.310. The predicted molar refractivity (Wildman–Crippen MR) is 148 cm³/mol. The van der Waals surface area contributed by atoms with Crippen molar-refractivity contribution in [2.45, 2.75) is 26.8 Å². The summed E-state index contributed by atoms with van der Waals surface area (Å²) in [4.78, 5) is 22.7. The van der Waals surface area contributed by atoms with Crippen LogP contribution in [-0.4, -0.2) is 43.1 Å². The lowest BCUT2D eigenvalue weighted by Crippen LogP contribution is -2.45. The summed E-state index contributed by atoms with van der Waals surface area (Å²) >= 11 is 6.30. The first-order valence-corrected chi connectivity index (χ1v) is 12.7. The summed E-state index contributed by atoms with van der Waals surface area (Å²) in [6.45, 7) is 9.63. The molecule has 2 aromatic carbocycles. The number of nitrogens with zero attached hydrogens (tertiary/aromatic N) is 3. The number of nitrogens with one attached hydrogen (secondary N) is 1. The highest BCUT2D eigenvalue weighted by atomic mass is 35.5. The molecule has 1 saturated heterocycles. The van der Waals surface area contributed by atoms with E-state index in [0.29, 0.717) is 27.4 Å². The zero-order valence-electron chi connectivity index (χ0n) is 21.1. The predicted octanol–water partition coefficient (Wildman–Crippen LogP) is 6.05. The van der Waals surface area contributed by atoms with Gasteiger partial charge in [0.1, 0.15) is 16.5 Å². The van der Waals surface area contributed by atoms with Crippen molar-refractivity contribution in [3.8, 4) is 11.3 Å². The summed E-state index contributed by atoms with van der Waals surface area (Å²) in [5, 5.41) is 4.71. The van der Waals surface area contributed by atoms with E-state index in [9.17, 15) is 4.79 Å². The number of fused-ring (bicyclic) bond motifs is 1. The van der Waals surface area contributed by atoms with Crippen LogP contribution in [0.3, 0.4) is 0 Å². The van der Waals surface area contributed by atoms with Crippen LogP contribution >= 0.6 is 11.6 Å². The minimum atomic E-state index is -0.143. The normalized spacial score (nSPS) is 15.3. The summed E-state index contributed by atoms with van der Waals surface area (Å²) in [7, 11) is 2.13. The first-order chi connectivity index (χ1) is 17.3. The maximum Gasteiger partial charge on any atom is 0.196 e. The Morgan fingerprint density at radius 1 is 1.03 bits per heavy atom. The first-order valence-electron chi connectivity index (χ1n) is 12.3. The Morgan fingerprint density at radius 3 is 2.47 bits per heavy atom. The summed E-state index contributed by atoms with van der Waals surface area (Å²) < 4.78 is 6.49. The number of halogens is 1. The van der Waals surface area contributed by atoms with Crippen LogP contribution in [-0.2, 0) is 0 Å². The van der Waals surface area contributed by atoms with Crippen LogP contribution in [0.1, 0.15) is 29.7 Å². The number of piperazine rings is 1. The molecule has 0 amide bonds. The summed E-state index contributed by atoms with van der Waals surface area (Å²) in [6.07, 6.45) is 0. The fourth-order valence-electron chi connectivity index (χ4n) is 4.86. The van der Waals surface area contributed by atoms with Crippen molar-refractivity contribution in [3.63, 3.8) is 0 Å². The second kappa shape index (κ2) is 9.96. The summed E-state index contributed by atoms with van der Waals surface area (Å²) in [5.74, 6) is 1.46. The third-order valence-corrected chi connectivity index (χ3v) is 7.12. The maximum absolute atomic E-state index is 13.4. The molecule has 186 valence electrons. The van der Waals surface area contributed by atoms with Gasteiger partial charge in [0, 0.05) is 42.9 Å². The third-order valence-electron chi connectivity index (χ3n) is 6.91. The summed E-state index contributed by atoms with van der Waals surface area (Å²) in [5.41, 5.74) is 4.96. The van der Waals surface area contributed by atoms with Crippen molar-refractivity contribution >= 4 is 34.1 Å². The van der Waals surface area contributed by atoms with Crippen molar-refractivity contribution < 1.29 is 4.42 Å². The molecule has 1 atom stereocenters. The van der Waals surface area contributed by atoms with Gasteiger partial charge in [-0.25, -0.2) is 4.98 Å². The van der Waals surface area contributed by atoms with E-state index in [1.807, 2.05) is 62.4 Å². The smallest absolute Gasteiger partial charge is 0.196 e. The lowest BCUT2D eigenvalue weighted by molar-refractivity contribution is 0.312. The highest BCUT2D eigenvalue weighted by molar-refractivity contribution is 6.29. The zero-order valence-corrected chi connectivity index (χ0v) is 21.9. The Morgan fingerprint density at radius 2 is 1.75 bits per heavy atom. The molecule has 0 aliphatic carbocycles. The van der Waals surface area contributed by atoms with Crippen LogP contribution in [0.4, 0.5) is 11.5 Å². The molecular weight excluding hydrogens is 472 g/mol. The highest BCUT2D eigenvalue weighted by Gasteiger charge is 2.22. The molecule has 2 aromatic heterocycles. The summed E-state index contributed by atoms with van der Waals surface area (Å²) in [6, 6.07) is 17.4. The van der Waals surface area contributed by atoms with Gasteiger partial charge >= 0.3 is 0 Å². The fourth-order valence-corrected chi connectivity index (χ4v) is 5.01. The quantitative estimate of drug-likeness (QED) is 0.335. The lowest BCUT2D eigenvalue weighted by Gasteiger charge is -2.34. The van der Waals surface area contributed by atoms with Gasteiger partial charge in [0.25, 0.3) is 0 Å². The van der Waals surface area contributed by atoms with E-state index in [0.717, 1.165) is 54.4 Å². The van der Waals surface area contributed by atoms with E-state index in [4.69, 9.17) is 16.0 Å². The van der Waals surface area contributed by atoms with E-state index in [2.05, 4.69) is 40.1 Å². The molecule has 0 bridgehead atoms. The van der Waals surface area contributed by atoms with Gasteiger partial charge in [-0.2, -0.15) is 0 Å². The number of pyridine rings is 1. The van der Waals surface area contributed by atoms with Crippen LogP contribution in [0.5, 0.6) is 0 Å². The van der Waals surface area contributed by atoms with Gasteiger partial charge in [0.05, 0.1) is 17.1 Å². The van der Waals surface area contributed by atoms with E-state index in [1.165, 1.54) is 0 Å². The van der Waals surface area contributed by atoms with Gasteiger partial charge in [-0.15, -0.1) is 0 Å². The molecule has 0 unspecified atom stereocenters. The average molecular weight is 503 g/mol. The first kappa shape index (κ1) is 24.3. The number of rotatable bonds is 5. The standard InChI is InChI=1S/C29H31ClN4O2/c1-18-16-22(28-23(17-18)26(35)19(2)27(36-28)21-8-6-5-7-9-21)20(3)31-24-10-11-25(30)32-29(24)34-14-12-33(4)13-15-34/h5-11,16-17,20,31H,12-15H2,1-4H3/t20-/m1/s1. The molecule has 1 N–H and O–H groups in total. The van der Waals surface area contributed by atoms with Crippen LogP contribution in [0, 0.1) is 13.8 Å². The average Bonchev–Trinajstić information content (AvgIpc) is 2.88. The Labute approximate surface area is 216 Å². The van der Waals surface area contributed by atoms with Crippen molar-refractivity contribution in [1.82, 2.24) is 9.88 Å². The van der Waals surface area contributed by atoms with Gasteiger partial charge in [-0.3, -0.25) is 4.79 Å². The molecule has 0 saturated carbocycles. The second-order valence-corrected chi connectivity index (χ2v) is 10.0. The number of likely N-dealkylation sites (N-methyl/N-ethyl adjacent to an activating group) is 1. The van der Waals surface area contributed by atoms with Gasteiger partial charge in [-0.1, -0.05) is 48.0 Å². The number of anilines is 2. The monoisotopic (exact) mass is 502 g/mol. The Kier molecular flexibility index (Phi) is 6.73. The molecule has 1 aliphatic heterocycles. The molecule has 4 aromatic rings. The topological polar surface area (TPSA) is 61.6 Å². The molecule has 3 heterocycles. The van der Waals surface area contributed by atoms with E-state index < -0.39 is 0 Å². The number of aromatic nitrogens is 1. The largest absolute Gasteiger partial charge is 0.455 e. The number of hydrogen-bond donors (Lipinski definition) is 1. The molecule has 1 aliphatic rings. The molecule has 5 rings (SSSR count). The van der Waals surface area contributed by atoms with Crippen molar-refractivity contribution in [1.29, 1.82) is 0 Å². The Hall–Kier alpha value is -3.35. The molecule has 6 nitrogen and oxygen atoms in total. The van der Waals surface area contributed by atoms with Gasteiger partial charge in [0.15, 0.2) is 11.2 Å². The highest BCUT2D eigenvalue weighted by Crippen LogP contribution is 2.34. The number of aryl methyl sites for hydroxylation is 1. The number of benzene rings is 2. The van der Waals surface area contributed by atoms with Crippen molar-refractivity contribution in [3.05, 3.63) is 86.7 Å². The second-order valence-electron chi connectivity index (χ2n) is 9.64. The SMILES string of the molecule is Cc1cc([C@@H](C)Nc2ccc(Cl)nc2N2CCN(C)CC2)c2oc(-c3ccccc3)c(C)c(=O)c2c1. The van der Waals surface area contributed by atoms with Crippen LogP contribution in [0.15, 0.2) is 63.8 Å². The Bertz CT molecular complexity index is 1460. The Balaban J connectivity index is 1.58. The van der Waals surface area contributed by atoms with Gasteiger partial charge < -0.3 is 19.5 Å². The minimum absolute atomic E-state index is 0.00135. The van der Waals surface area contributed by atoms with Crippen LogP contribution < -0.4 is 15.6 Å². The minimum Gasteiger partial charge on any atom is -0.455 e. The van der Waals surface area contributed by atoms with E-state index in [-0.39, 0.29) is 11.5 Å². The van der Waals surface area contributed by atoms with Crippen molar-refractivity contribution in [2.24, 2.45) is 0 Å². The van der Waals surface area contributed by atoms with Gasteiger partial charge in [0.2, 0.25) is 0 Å². The van der Waals surface area contributed by atoms with E-state index in [1.54, 1.807) is 0 Å². The lowest BCUT2D eigenvalue weighted by atomic mass is 9.99. The molecule has 7 heteroatoms. The molecule has 1 fully saturated rings. The van der Waals surface area contributed by atoms with Crippen molar-refractivity contribution in [2.75, 3.05) is 43.4 Å². The molecular formula is C29H31ClN4O2. The van der Waals surface area contributed by atoms with E-state index >= 15 is 0 Å². The van der Waals surface area contributed by atoms with Crippen LogP contribution in [0.2, 0.25) is 5.15 Å².